The van der Waals surface area contributed by atoms with Crippen LogP contribution in [0.5, 0.6) is 0 Å². The number of rotatable bonds is 7. The highest BCUT2D eigenvalue weighted by Gasteiger charge is 2.17. The minimum absolute atomic E-state index is 0.00591. The van der Waals surface area contributed by atoms with E-state index in [-0.39, 0.29) is 17.5 Å². The SMILES string of the molecule is C/C(=N\Nc1nc(SCC(=O)NC2CCCC2)n[nH]1)c1ccc(F)cc1. The number of thioether (sulfide) groups is 1. The summed E-state index contributed by atoms with van der Waals surface area (Å²) in [5.74, 6) is 0.381. The molecule has 0 bridgehead atoms. The van der Waals surface area contributed by atoms with Gasteiger partial charge in [0.2, 0.25) is 17.0 Å². The summed E-state index contributed by atoms with van der Waals surface area (Å²) < 4.78 is 12.9. The van der Waals surface area contributed by atoms with Gasteiger partial charge in [0.25, 0.3) is 0 Å². The average Bonchev–Trinajstić information content (AvgIpc) is 3.30. The normalized spacial score (nSPS) is 15.2. The molecule has 1 aromatic carbocycles. The molecule has 138 valence electrons. The molecule has 0 atom stereocenters. The van der Waals surface area contributed by atoms with Gasteiger partial charge >= 0.3 is 0 Å². The number of halogens is 1. The minimum atomic E-state index is -0.289. The van der Waals surface area contributed by atoms with Crippen LogP contribution >= 0.6 is 11.8 Å². The standard InChI is InChI=1S/C17H21FN6OS/c1-11(12-6-8-13(18)9-7-12)21-22-16-20-17(24-23-16)26-10-15(25)19-14-4-2-3-5-14/h6-9,14H,2-5,10H2,1H3,(H,19,25)(H2,20,22,23,24)/b21-11+. The number of nitrogens with zero attached hydrogens (tertiary/aromatic N) is 3. The molecule has 2 aromatic rings. The molecule has 7 nitrogen and oxygen atoms in total. The molecule has 9 heteroatoms. The van der Waals surface area contributed by atoms with Crippen LogP contribution in [0.15, 0.2) is 34.5 Å². The summed E-state index contributed by atoms with van der Waals surface area (Å²) in [6.07, 6.45) is 4.50. The summed E-state index contributed by atoms with van der Waals surface area (Å²) in [6.45, 7) is 1.81. The third-order valence-electron chi connectivity index (χ3n) is 4.11. The van der Waals surface area contributed by atoms with E-state index in [1.165, 1.54) is 36.7 Å². The quantitative estimate of drug-likeness (QED) is 0.392. The van der Waals surface area contributed by atoms with Crippen LogP contribution in [0.4, 0.5) is 10.3 Å². The van der Waals surface area contributed by atoms with Crippen molar-refractivity contribution < 1.29 is 9.18 Å². The van der Waals surface area contributed by atoms with Gasteiger partial charge in [-0.05, 0) is 37.5 Å². The number of hydrazone groups is 1. The first kappa shape index (κ1) is 18.4. The van der Waals surface area contributed by atoms with Crippen LogP contribution in [0.2, 0.25) is 0 Å². The predicted molar refractivity (Wildman–Crippen MR) is 99.7 cm³/mol. The summed E-state index contributed by atoms with van der Waals surface area (Å²) in [7, 11) is 0. The maximum atomic E-state index is 12.9. The Bertz CT molecular complexity index is 770. The molecule has 26 heavy (non-hydrogen) atoms. The second-order valence-electron chi connectivity index (χ2n) is 6.12. The number of anilines is 1. The van der Waals surface area contributed by atoms with Crippen molar-refractivity contribution in [1.29, 1.82) is 0 Å². The molecular weight excluding hydrogens is 355 g/mol. The molecule has 1 aromatic heterocycles. The molecule has 0 unspecified atom stereocenters. The number of carbonyl (C=O) groups excluding carboxylic acids is 1. The van der Waals surface area contributed by atoms with Crippen LogP contribution in [-0.4, -0.2) is 38.6 Å². The average molecular weight is 376 g/mol. The molecule has 1 amide bonds. The zero-order valence-electron chi connectivity index (χ0n) is 14.5. The van der Waals surface area contributed by atoms with Gasteiger partial charge in [-0.15, -0.1) is 5.10 Å². The summed E-state index contributed by atoms with van der Waals surface area (Å²) in [4.78, 5) is 16.1. The molecule has 0 spiro atoms. The highest BCUT2D eigenvalue weighted by atomic mass is 32.2. The van der Waals surface area contributed by atoms with E-state index in [4.69, 9.17) is 0 Å². The Balaban J connectivity index is 1.47. The van der Waals surface area contributed by atoms with E-state index in [2.05, 4.69) is 31.0 Å². The van der Waals surface area contributed by atoms with E-state index in [0.29, 0.717) is 22.9 Å². The van der Waals surface area contributed by atoms with E-state index >= 15 is 0 Å². The molecule has 3 rings (SSSR count). The van der Waals surface area contributed by atoms with Gasteiger partial charge in [-0.2, -0.15) is 10.1 Å². The van der Waals surface area contributed by atoms with Crippen LogP contribution in [-0.2, 0) is 4.79 Å². The molecular formula is C17H21FN6OS. The predicted octanol–water partition coefficient (Wildman–Crippen LogP) is 2.93. The van der Waals surface area contributed by atoms with Crippen molar-refractivity contribution in [3.63, 3.8) is 0 Å². The Kier molecular flexibility index (Phi) is 6.21. The van der Waals surface area contributed by atoms with Gasteiger partial charge in [0.1, 0.15) is 5.82 Å². The number of hydrogen-bond donors (Lipinski definition) is 3. The number of nitrogens with one attached hydrogen (secondary N) is 3. The van der Waals surface area contributed by atoms with Crippen LogP contribution in [0.25, 0.3) is 0 Å². The summed E-state index contributed by atoms with van der Waals surface area (Å²) >= 11 is 1.27. The van der Waals surface area contributed by atoms with Crippen molar-refractivity contribution in [2.45, 2.75) is 43.8 Å². The first-order valence-corrected chi connectivity index (χ1v) is 9.49. The Morgan fingerprint density at radius 3 is 2.81 bits per heavy atom. The van der Waals surface area contributed by atoms with Gasteiger partial charge < -0.3 is 5.32 Å². The summed E-state index contributed by atoms with van der Waals surface area (Å²) in [6, 6.07) is 6.39. The Morgan fingerprint density at radius 2 is 2.08 bits per heavy atom. The van der Waals surface area contributed by atoms with E-state index in [9.17, 15) is 9.18 Å². The molecule has 1 heterocycles. The first-order chi connectivity index (χ1) is 12.6. The van der Waals surface area contributed by atoms with Crippen molar-refractivity contribution in [3.05, 3.63) is 35.6 Å². The molecule has 1 saturated carbocycles. The van der Waals surface area contributed by atoms with Gasteiger partial charge in [-0.25, -0.2) is 14.9 Å². The maximum absolute atomic E-state index is 12.9. The molecule has 1 aliphatic carbocycles. The number of carbonyl (C=O) groups is 1. The van der Waals surface area contributed by atoms with Crippen molar-refractivity contribution in [3.8, 4) is 0 Å². The second-order valence-corrected chi connectivity index (χ2v) is 7.06. The lowest BCUT2D eigenvalue weighted by Gasteiger charge is -2.10. The Hall–Kier alpha value is -2.42. The van der Waals surface area contributed by atoms with Crippen molar-refractivity contribution in [1.82, 2.24) is 20.5 Å². The largest absolute Gasteiger partial charge is 0.353 e. The van der Waals surface area contributed by atoms with Crippen LogP contribution in [0, 0.1) is 5.82 Å². The first-order valence-electron chi connectivity index (χ1n) is 8.51. The number of hydrogen-bond acceptors (Lipinski definition) is 6. The molecule has 1 fully saturated rings. The molecule has 0 aliphatic heterocycles. The number of benzene rings is 1. The smallest absolute Gasteiger partial charge is 0.240 e. The number of aromatic nitrogens is 3. The third kappa shape index (κ3) is 5.29. The third-order valence-corrected chi connectivity index (χ3v) is 4.96. The van der Waals surface area contributed by atoms with E-state index in [1.54, 1.807) is 19.1 Å². The Labute approximate surface area is 155 Å². The van der Waals surface area contributed by atoms with Crippen LogP contribution in [0.3, 0.4) is 0 Å². The van der Waals surface area contributed by atoms with Crippen molar-refractivity contribution >= 4 is 29.3 Å². The zero-order chi connectivity index (χ0) is 18.4. The molecule has 0 saturated heterocycles. The zero-order valence-corrected chi connectivity index (χ0v) is 15.3. The van der Waals surface area contributed by atoms with Crippen LogP contribution < -0.4 is 10.7 Å². The summed E-state index contributed by atoms with van der Waals surface area (Å²) in [5.41, 5.74) is 4.26. The lowest BCUT2D eigenvalue weighted by atomic mass is 10.1. The van der Waals surface area contributed by atoms with E-state index in [0.717, 1.165) is 18.4 Å². The van der Waals surface area contributed by atoms with Gasteiger partial charge in [0, 0.05) is 6.04 Å². The monoisotopic (exact) mass is 376 g/mol. The Morgan fingerprint density at radius 1 is 1.35 bits per heavy atom. The fourth-order valence-corrected chi connectivity index (χ4v) is 3.33. The molecule has 1 aliphatic rings. The van der Waals surface area contributed by atoms with Crippen LogP contribution in [0.1, 0.15) is 38.2 Å². The highest BCUT2D eigenvalue weighted by Crippen LogP contribution is 2.18. The fraction of sp³-hybridized carbons (Fsp3) is 0.412. The van der Waals surface area contributed by atoms with E-state index < -0.39 is 0 Å². The van der Waals surface area contributed by atoms with Gasteiger partial charge in [0.15, 0.2) is 0 Å². The van der Waals surface area contributed by atoms with Gasteiger partial charge in [-0.1, -0.05) is 36.7 Å². The second kappa shape index (κ2) is 8.79. The fourth-order valence-electron chi connectivity index (χ4n) is 2.72. The highest BCUT2D eigenvalue weighted by molar-refractivity contribution is 7.99. The van der Waals surface area contributed by atoms with Gasteiger partial charge in [-0.3, -0.25) is 4.79 Å². The van der Waals surface area contributed by atoms with Gasteiger partial charge in [0.05, 0.1) is 11.5 Å². The lowest BCUT2D eigenvalue weighted by molar-refractivity contribution is -0.119. The number of H-pyrrole nitrogens is 1. The molecule has 0 radical (unpaired) electrons. The number of amides is 1. The maximum Gasteiger partial charge on any atom is 0.240 e. The lowest BCUT2D eigenvalue weighted by Crippen LogP contribution is -2.33. The van der Waals surface area contributed by atoms with Crippen molar-refractivity contribution in [2.75, 3.05) is 11.2 Å². The summed E-state index contributed by atoms with van der Waals surface area (Å²) in [5, 5.41) is 14.5. The number of aromatic amines is 1. The minimum Gasteiger partial charge on any atom is -0.353 e. The van der Waals surface area contributed by atoms with Crippen molar-refractivity contribution in [2.24, 2.45) is 5.10 Å². The van der Waals surface area contributed by atoms with E-state index in [1.807, 2.05) is 0 Å². The molecule has 3 N–H and O–H groups in total. The topological polar surface area (TPSA) is 95.1 Å².